The van der Waals surface area contributed by atoms with Gasteiger partial charge in [0.1, 0.15) is 0 Å². The van der Waals surface area contributed by atoms with Crippen molar-refractivity contribution in [3.05, 3.63) is 24.3 Å². The van der Waals surface area contributed by atoms with Crippen LogP contribution in [0.25, 0.3) is 0 Å². The predicted octanol–water partition coefficient (Wildman–Crippen LogP) is 1.40. The summed E-state index contributed by atoms with van der Waals surface area (Å²) in [6, 6.07) is 8.35. The Balaban J connectivity index is 1.14. The quantitative estimate of drug-likeness (QED) is 0.682. The van der Waals surface area contributed by atoms with Crippen LogP contribution in [0, 0.1) is 5.92 Å². The number of hydrogen-bond acceptors (Lipinski definition) is 6. The largest absolute Gasteiger partial charge is 0.378 e. The third-order valence-corrected chi connectivity index (χ3v) is 8.06. The van der Waals surface area contributed by atoms with Crippen molar-refractivity contribution < 1.29 is 19.1 Å². The van der Waals surface area contributed by atoms with Crippen LogP contribution < -0.4 is 10.2 Å². The first-order valence-corrected chi connectivity index (χ1v) is 13.0. The fourth-order valence-electron chi connectivity index (χ4n) is 6.14. The number of piperazine rings is 1. The zero-order valence-corrected chi connectivity index (χ0v) is 20.7. The number of fused-ring (bicyclic) bond motifs is 2. The maximum Gasteiger partial charge on any atom is 0.237 e. The molecule has 2 atom stereocenters. The highest BCUT2D eigenvalue weighted by Crippen LogP contribution is 2.39. The van der Waals surface area contributed by atoms with Crippen LogP contribution in [0.15, 0.2) is 24.3 Å². The molecule has 4 heterocycles. The molecule has 0 aromatic heterocycles. The minimum absolute atomic E-state index is 0.0634. The van der Waals surface area contributed by atoms with Gasteiger partial charge in [-0.25, -0.2) is 0 Å². The van der Waals surface area contributed by atoms with Gasteiger partial charge < -0.3 is 24.8 Å². The van der Waals surface area contributed by atoms with Crippen LogP contribution in [0.1, 0.15) is 32.6 Å². The van der Waals surface area contributed by atoms with Gasteiger partial charge in [0, 0.05) is 75.6 Å². The first-order chi connectivity index (χ1) is 17.0. The lowest BCUT2D eigenvalue weighted by atomic mass is 9.89. The number of amides is 3. The molecule has 9 heteroatoms. The first-order valence-electron chi connectivity index (χ1n) is 13.0. The number of hydrogen-bond donors (Lipinski definition) is 1. The molecular formula is C26H37N5O4. The standard InChI is InChI=1S/C26H37N5O4/c1-19(32)29-9-7-28(8-10-29)18-25(33)31-23-5-6-24(31)16-20(15-23)26(34)27-21-3-2-4-22(17-21)30-11-13-35-14-12-30/h2-4,17,20,23-24H,5-16,18H2,1H3,(H,27,34). The molecule has 9 nitrogen and oxygen atoms in total. The molecule has 35 heavy (non-hydrogen) atoms. The maximum atomic E-state index is 13.2. The van der Waals surface area contributed by atoms with Crippen molar-refractivity contribution in [1.29, 1.82) is 0 Å². The summed E-state index contributed by atoms with van der Waals surface area (Å²) in [5, 5.41) is 3.14. The Kier molecular flexibility index (Phi) is 7.24. The molecule has 4 fully saturated rings. The number of piperidine rings is 1. The van der Waals surface area contributed by atoms with E-state index in [-0.39, 0.29) is 35.7 Å². The van der Waals surface area contributed by atoms with Crippen LogP contribution in [-0.4, -0.2) is 104 Å². The molecule has 4 aliphatic rings. The average Bonchev–Trinajstić information content (AvgIpc) is 3.14. The third kappa shape index (κ3) is 5.46. The van der Waals surface area contributed by atoms with Gasteiger partial charge in [-0.1, -0.05) is 6.07 Å². The fourth-order valence-corrected chi connectivity index (χ4v) is 6.14. The summed E-state index contributed by atoms with van der Waals surface area (Å²) in [6.45, 7) is 8.03. The van der Waals surface area contributed by atoms with E-state index in [1.54, 1.807) is 6.92 Å². The molecule has 1 aromatic rings. The molecular weight excluding hydrogens is 446 g/mol. The maximum absolute atomic E-state index is 13.2. The molecule has 2 unspecified atom stereocenters. The lowest BCUT2D eigenvalue weighted by molar-refractivity contribution is -0.140. The Labute approximate surface area is 207 Å². The van der Waals surface area contributed by atoms with E-state index in [1.807, 2.05) is 23.1 Å². The topological polar surface area (TPSA) is 85.4 Å². The summed E-state index contributed by atoms with van der Waals surface area (Å²) >= 11 is 0. The molecule has 5 rings (SSSR count). The fraction of sp³-hybridized carbons (Fsp3) is 0.654. The van der Waals surface area contributed by atoms with E-state index in [9.17, 15) is 14.4 Å². The highest BCUT2D eigenvalue weighted by Gasteiger charge is 2.45. The van der Waals surface area contributed by atoms with E-state index in [2.05, 4.69) is 26.1 Å². The van der Waals surface area contributed by atoms with Gasteiger partial charge in [0.05, 0.1) is 19.8 Å². The smallest absolute Gasteiger partial charge is 0.237 e. The van der Waals surface area contributed by atoms with Gasteiger partial charge in [0.25, 0.3) is 0 Å². The van der Waals surface area contributed by atoms with Gasteiger partial charge >= 0.3 is 0 Å². The van der Waals surface area contributed by atoms with Gasteiger partial charge in [0.15, 0.2) is 0 Å². The van der Waals surface area contributed by atoms with Crippen molar-refractivity contribution >= 4 is 29.1 Å². The molecule has 4 saturated heterocycles. The summed E-state index contributed by atoms with van der Waals surface area (Å²) in [5.74, 6) is 0.268. The second-order valence-electron chi connectivity index (χ2n) is 10.3. The zero-order chi connectivity index (χ0) is 24.4. The number of morpholine rings is 1. The Morgan fingerprint density at radius 3 is 2.31 bits per heavy atom. The van der Waals surface area contributed by atoms with E-state index in [0.717, 1.165) is 76.5 Å². The molecule has 0 spiro atoms. The van der Waals surface area contributed by atoms with Crippen molar-refractivity contribution in [3.63, 3.8) is 0 Å². The molecule has 0 aliphatic carbocycles. The van der Waals surface area contributed by atoms with Crippen molar-refractivity contribution in [3.8, 4) is 0 Å². The second-order valence-corrected chi connectivity index (χ2v) is 10.3. The summed E-state index contributed by atoms with van der Waals surface area (Å²) in [6.07, 6.45) is 3.42. The van der Waals surface area contributed by atoms with Gasteiger partial charge in [-0.3, -0.25) is 19.3 Å². The summed E-state index contributed by atoms with van der Waals surface area (Å²) in [7, 11) is 0. The van der Waals surface area contributed by atoms with Crippen LogP contribution in [0.5, 0.6) is 0 Å². The minimum atomic E-state index is -0.0669. The second kappa shape index (κ2) is 10.5. The lowest BCUT2D eigenvalue weighted by Gasteiger charge is -2.40. The van der Waals surface area contributed by atoms with E-state index in [4.69, 9.17) is 4.74 Å². The number of benzene rings is 1. The monoisotopic (exact) mass is 483 g/mol. The van der Waals surface area contributed by atoms with Crippen molar-refractivity contribution in [2.24, 2.45) is 5.92 Å². The SMILES string of the molecule is CC(=O)N1CCN(CC(=O)N2C3CCC2CC(C(=O)Nc2cccc(N4CCOCC4)c2)C3)CC1. The van der Waals surface area contributed by atoms with Crippen molar-refractivity contribution in [2.45, 2.75) is 44.7 Å². The van der Waals surface area contributed by atoms with Gasteiger partial charge in [0.2, 0.25) is 17.7 Å². The zero-order valence-electron chi connectivity index (χ0n) is 20.7. The minimum Gasteiger partial charge on any atom is -0.378 e. The van der Waals surface area contributed by atoms with Crippen LogP contribution in [0.2, 0.25) is 0 Å². The molecule has 4 aliphatic heterocycles. The van der Waals surface area contributed by atoms with Crippen molar-refractivity contribution in [2.75, 3.05) is 69.2 Å². The van der Waals surface area contributed by atoms with Crippen LogP contribution in [0.4, 0.5) is 11.4 Å². The van der Waals surface area contributed by atoms with E-state index in [0.29, 0.717) is 19.6 Å². The number of ether oxygens (including phenoxy) is 1. The molecule has 0 saturated carbocycles. The number of carbonyl (C=O) groups is 3. The van der Waals surface area contributed by atoms with E-state index >= 15 is 0 Å². The Hall–Kier alpha value is -2.65. The molecule has 3 amide bonds. The number of nitrogens with one attached hydrogen (secondary N) is 1. The number of carbonyl (C=O) groups excluding carboxylic acids is 3. The highest BCUT2D eigenvalue weighted by atomic mass is 16.5. The summed E-state index contributed by atoms with van der Waals surface area (Å²) in [4.78, 5) is 46.2. The molecule has 0 radical (unpaired) electrons. The van der Waals surface area contributed by atoms with E-state index < -0.39 is 0 Å². The predicted molar refractivity (Wildman–Crippen MR) is 133 cm³/mol. The number of anilines is 2. The van der Waals surface area contributed by atoms with Crippen LogP contribution in [-0.2, 0) is 19.1 Å². The normalized spacial score (nSPS) is 27.1. The van der Waals surface area contributed by atoms with Gasteiger partial charge in [-0.15, -0.1) is 0 Å². The van der Waals surface area contributed by atoms with Crippen LogP contribution >= 0.6 is 0 Å². The van der Waals surface area contributed by atoms with Crippen molar-refractivity contribution in [1.82, 2.24) is 14.7 Å². The van der Waals surface area contributed by atoms with Gasteiger partial charge in [-0.2, -0.15) is 0 Å². The Bertz CT molecular complexity index is 927. The van der Waals surface area contributed by atoms with Gasteiger partial charge in [-0.05, 0) is 43.9 Å². The van der Waals surface area contributed by atoms with E-state index in [1.165, 1.54) is 0 Å². The number of rotatable bonds is 5. The number of nitrogens with zero attached hydrogens (tertiary/aromatic N) is 4. The molecule has 190 valence electrons. The summed E-state index contributed by atoms with van der Waals surface area (Å²) < 4.78 is 5.45. The molecule has 1 N–H and O–H groups in total. The third-order valence-electron chi connectivity index (χ3n) is 8.06. The average molecular weight is 484 g/mol. The Morgan fingerprint density at radius 2 is 1.66 bits per heavy atom. The van der Waals surface area contributed by atoms with Crippen LogP contribution in [0.3, 0.4) is 0 Å². The lowest BCUT2D eigenvalue weighted by Crippen LogP contribution is -2.54. The highest BCUT2D eigenvalue weighted by molar-refractivity contribution is 5.93. The first kappa shape index (κ1) is 24.1. The molecule has 2 bridgehead atoms. The molecule has 1 aromatic carbocycles. The summed E-state index contributed by atoms with van der Waals surface area (Å²) in [5.41, 5.74) is 1.94. The Morgan fingerprint density at radius 1 is 0.971 bits per heavy atom.